The number of fused-ring (bicyclic) bond motifs is 4. The van der Waals surface area contributed by atoms with Gasteiger partial charge in [0.2, 0.25) is 5.91 Å². The Hall–Kier alpha value is -1.76. The van der Waals surface area contributed by atoms with Crippen LogP contribution in [0.1, 0.15) is 23.4 Å². The molecule has 26 heavy (non-hydrogen) atoms. The van der Waals surface area contributed by atoms with Crippen LogP contribution in [0.4, 0.5) is 0 Å². The van der Waals surface area contributed by atoms with Gasteiger partial charge < -0.3 is 5.32 Å². The van der Waals surface area contributed by atoms with E-state index >= 15 is 0 Å². The van der Waals surface area contributed by atoms with Gasteiger partial charge in [-0.2, -0.15) is 0 Å². The number of carbonyl (C=O) groups is 1. The highest BCUT2D eigenvalue weighted by Gasteiger charge is 2.35. The highest BCUT2D eigenvalue weighted by molar-refractivity contribution is 7.09. The second-order valence-electron chi connectivity index (χ2n) is 7.40. The summed E-state index contributed by atoms with van der Waals surface area (Å²) in [7, 11) is 0. The molecular weight excluding hydrogens is 344 g/mol. The first kappa shape index (κ1) is 17.6. The molecule has 1 amide bonds. The van der Waals surface area contributed by atoms with Gasteiger partial charge in [0.05, 0.1) is 18.8 Å². The van der Waals surface area contributed by atoms with Gasteiger partial charge in [-0.05, 0) is 42.3 Å². The van der Waals surface area contributed by atoms with Gasteiger partial charge in [-0.25, -0.2) is 0 Å². The van der Waals surface area contributed by atoms with Crippen molar-refractivity contribution in [1.29, 1.82) is 0 Å². The third kappa shape index (κ3) is 4.50. The summed E-state index contributed by atoms with van der Waals surface area (Å²) in [5.74, 6) is 0.796. The number of aromatic nitrogens is 1. The molecule has 0 saturated carbocycles. The Bertz CT molecular complexity index is 706. The van der Waals surface area contributed by atoms with Gasteiger partial charge in [-0.1, -0.05) is 12.1 Å². The maximum absolute atomic E-state index is 12.4. The van der Waals surface area contributed by atoms with Crippen molar-refractivity contribution >= 4 is 17.2 Å². The van der Waals surface area contributed by atoms with E-state index in [-0.39, 0.29) is 5.91 Å². The van der Waals surface area contributed by atoms with Crippen LogP contribution >= 0.6 is 11.3 Å². The van der Waals surface area contributed by atoms with E-state index in [1.165, 1.54) is 17.7 Å². The maximum atomic E-state index is 12.4. The largest absolute Gasteiger partial charge is 0.350 e. The van der Waals surface area contributed by atoms with Crippen LogP contribution in [0, 0.1) is 5.92 Å². The minimum Gasteiger partial charge on any atom is -0.350 e. The SMILES string of the molecule is O=C(CN1C[C@@H]2CC[C@H]1CN(Cc1ccccn1)C2)NCc1cccs1. The second-order valence-corrected chi connectivity index (χ2v) is 8.43. The molecule has 0 aliphatic carbocycles. The normalized spacial score (nSPS) is 23.7. The minimum absolute atomic E-state index is 0.141. The molecule has 0 spiro atoms. The van der Waals surface area contributed by atoms with Gasteiger partial charge in [-0.15, -0.1) is 11.3 Å². The maximum Gasteiger partial charge on any atom is 0.234 e. The van der Waals surface area contributed by atoms with E-state index in [0.717, 1.165) is 31.9 Å². The number of thiophene rings is 1. The molecule has 6 heteroatoms. The fourth-order valence-electron chi connectivity index (χ4n) is 4.16. The summed E-state index contributed by atoms with van der Waals surface area (Å²) in [6.45, 7) is 5.25. The lowest BCUT2D eigenvalue weighted by molar-refractivity contribution is -0.123. The molecule has 2 aromatic rings. The van der Waals surface area contributed by atoms with E-state index in [4.69, 9.17) is 0 Å². The van der Waals surface area contributed by atoms with E-state index in [9.17, 15) is 4.79 Å². The van der Waals surface area contributed by atoms with Crippen molar-refractivity contribution < 1.29 is 4.79 Å². The Morgan fingerprint density at radius 1 is 1.19 bits per heavy atom. The Balaban J connectivity index is 1.32. The first-order valence-corrected chi connectivity index (χ1v) is 10.3. The zero-order chi connectivity index (χ0) is 17.8. The molecule has 3 fully saturated rings. The van der Waals surface area contributed by atoms with Crippen molar-refractivity contribution in [2.45, 2.75) is 32.0 Å². The van der Waals surface area contributed by atoms with Gasteiger partial charge >= 0.3 is 0 Å². The molecule has 3 aliphatic heterocycles. The fourth-order valence-corrected chi connectivity index (χ4v) is 4.80. The smallest absolute Gasteiger partial charge is 0.234 e. The Kier molecular flexibility index (Phi) is 5.62. The van der Waals surface area contributed by atoms with Crippen LogP contribution < -0.4 is 5.32 Å². The van der Waals surface area contributed by atoms with Gasteiger partial charge in [0.1, 0.15) is 0 Å². The van der Waals surface area contributed by atoms with E-state index in [1.807, 2.05) is 23.7 Å². The Labute approximate surface area is 159 Å². The third-order valence-electron chi connectivity index (χ3n) is 5.40. The third-order valence-corrected chi connectivity index (χ3v) is 6.28. The van der Waals surface area contributed by atoms with Crippen LogP contribution in [0.25, 0.3) is 0 Å². The van der Waals surface area contributed by atoms with Gasteiger partial charge in [0.25, 0.3) is 0 Å². The number of hydrogen-bond acceptors (Lipinski definition) is 5. The molecular formula is C20H26N4OS. The number of amides is 1. The molecule has 2 atom stereocenters. The van der Waals surface area contributed by atoms with Crippen molar-refractivity contribution in [1.82, 2.24) is 20.1 Å². The molecule has 2 bridgehead atoms. The number of rotatable bonds is 6. The predicted octanol–water partition coefficient (Wildman–Crippen LogP) is 2.36. The first-order valence-electron chi connectivity index (χ1n) is 9.41. The summed E-state index contributed by atoms with van der Waals surface area (Å²) in [4.78, 5) is 23.0. The van der Waals surface area contributed by atoms with Crippen molar-refractivity contribution in [3.8, 4) is 0 Å². The summed E-state index contributed by atoms with van der Waals surface area (Å²) in [6.07, 6.45) is 4.34. The van der Waals surface area contributed by atoms with Gasteiger partial charge in [-0.3, -0.25) is 19.6 Å². The summed E-state index contributed by atoms with van der Waals surface area (Å²) >= 11 is 1.69. The first-order chi connectivity index (χ1) is 12.8. The summed E-state index contributed by atoms with van der Waals surface area (Å²) in [6, 6.07) is 10.7. The topological polar surface area (TPSA) is 48.5 Å². The number of nitrogens with one attached hydrogen (secondary N) is 1. The minimum atomic E-state index is 0.141. The molecule has 0 radical (unpaired) electrons. The molecule has 1 N–H and O–H groups in total. The monoisotopic (exact) mass is 370 g/mol. The summed E-state index contributed by atoms with van der Waals surface area (Å²) in [5, 5.41) is 5.12. The molecule has 3 saturated heterocycles. The van der Waals surface area contributed by atoms with E-state index < -0.39 is 0 Å². The van der Waals surface area contributed by atoms with Crippen molar-refractivity contribution in [3.63, 3.8) is 0 Å². The molecule has 5 heterocycles. The van der Waals surface area contributed by atoms with Gasteiger partial charge in [0, 0.05) is 43.3 Å². The molecule has 5 nitrogen and oxygen atoms in total. The standard InChI is InChI=1S/C20H26N4OS/c25-20(22-10-19-5-3-9-26-19)15-24-12-16-6-7-18(24)14-23(11-16)13-17-4-1-2-8-21-17/h1-5,8-9,16,18H,6-7,10-15H2,(H,22,25)/t16-,18+/m1/s1. The molecule has 138 valence electrons. The lowest BCUT2D eigenvalue weighted by Crippen LogP contribution is -2.48. The van der Waals surface area contributed by atoms with E-state index in [2.05, 4.69) is 38.3 Å². The predicted molar refractivity (Wildman–Crippen MR) is 104 cm³/mol. The van der Waals surface area contributed by atoms with Crippen molar-refractivity contribution in [2.75, 3.05) is 26.2 Å². The second kappa shape index (κ2) is 8.29. The average Bonchev–Trinajstić information content (AvgIpc) is 3.03. The molecule has 3 aliphatic rings. The lowest BCUT2D eigenvalue weighted by atomic mass is 9.95. The van der Waals surface area contributed by atoms with Crippen LogP contribution in [0.5, 0.6) is 0 Å². The Morgan fingerprint density at radius 2 is 2.15 bits per heavy atom. The molecule has 5 rings (SSSR count). The van der Waals surface area contributed by atoms with Crippen LogP contribution in [-0.4, -0.2) is 52.9 Å². The van der Waals surface area contributed by atoms with Crippen LogP contribution in [-0.2, 0) is 17.9 Å². The lowest BCUT2D eigenvalue weighted by Gasteiger charge is -2.35. The van der Waals surface area contributed by atoms with Crippen LogP contribution in [0.3, 0.4) is 0 Å². The molecule has 2 aromatic heterocycles. The van der Waals surface area contributed by atoms with Gasteiger partial charge in [0.15, 0.2) is 0 Å². The van der Waals surface area contributed by atoms with Crippen molar-refractivity contribution in [3.05, 3.63) is 52.5 Å². The molecule has 0 aromatic carbocycles. The van der Waals surface area contributed by atoms with E-state index in [0.29, 0.717) is 25.0 Å². The molecule has 0 unspecified atom stereocenters. The number of pyridine rings is 1. The van der Waals surface area contributed by atoms with Crippen molar-refractivity contribution in [2.24, 2.45) is 5.92 Å². The zero-order valence-electron chi connectivity index (χ0n) is 15.0. The highest BCUT2D eigenvalue weighted by Crippen LogP contribution is 2.28. The number of carbonyl (C=O) groups excluding carboxylic acids is 1. The number of nitrogens with zero attached hydrogens (tertiary/aromatic N) is 3. The average molecular weight is 371 g/mol. The Morgan fingerprint density at radius 3 is 2.96 bits per heavy atom. The summed E-state index contributed by atoms with van der Waals surface area (Å²) < 4.78 is 0. The quantitative estimate of drug-likeness (QED) is 0.848. The van der Waals surface area contributed by atoms with E-state index in [1.54, 1.807) is 11.3 Å². The summed E-state index contributed by atoms with van der Waals surface area (Å²) in [5.41, 5.74) is 1.13. The number of hydrogen-bond donors (Lipinski definition) is 1. The highest BCUT2D eigenvalue weighted by atomic mass is 32.1. The fraction of sp³-hybridized carbons (Fsp3) is 0.500. The van der Waals surface area contributed by atoms with Crippen LogP contribution in [0.2, 0.25) is 0 Å². The zero-order valence-corrected chi connectivity index (χ0v) is 15.8. The van der Waals surface area contributed by atoms with Crippen LogP contribution in [0.15, 0.2) is 41.9 Å². The number of piperidine rings is 1.